The van der Waals surface area contributed by atoms with Crippen LogP contribution < -0.4 is 15.0 Å². The molecule has 8 heteroatoms. The van der Waals surface area contributed by atoms with Gasteiger partial charge in [0, 0.05) is 31.6 Å². The van der Waals surface area contributed by atoms with E-state index in [1.165, 1.54) is 0 Å². The topological polar surface area (TPSA) is 88.2 Å². The van der Waals surface area contributed by atoms with E-state index >= 15 is 0 Å². The fraction of sp³-hybridized carbons (Fsp3) is 0.375. The molecule has 1 atom stereocenters. The number of nitrogens with zero attached hydrogens (tertiary/aromatic N) is 2. The van der Waals surface area contributed by atoms with Gasteiger partial charge in [0.15, 0.2) is 6.10 Å². The molecule has 0 radical (unpaired) electrons. The van der Waals surface area contributed by atoms with Crippen LogP contribution in [0.5, 0.6) is 5.75 Å². The van der Waals surface area contributed by atoms with E-state index < -0.39 is 6.10 Å². The maximum Gasteiger partial charge on any atom is 0.265 e. The Hall–Kier alpha value is -3.39. The number of aryl methyl sites for hydroxylation is 1. The number of nitrogens with one attached hydrogen (secondary N) is 1. The van der Waals surface area contributed by atoms with Crippen LogP contribution in [0.3, 0.4) is 0 Å². The van der Waals surface area contributed by atoms with Gasteiger partial charge in [-0.05, 0) is 30.7 Å². The third-order valence-electron chi connectivity index (χ3n) is 5.69. The highest BCUT2D eigenvalue weighted by molar-refractivity contribution is 5.98. The van der Waals surface area contributed by atoms with E-state index in [2.05, 4.69) is 5.32 Å². The maximum atomic E-state index is 13.1. The van der Waals surface area contributed by atoms with Gasteiger partial charge in [-0.1, -0.05) is 30.3 Å². The molecule has 8 nitrogen and oxygen atoms in total. The van der Waals surface area contributed by atoms with E-state index in [0.29, 0.717) is 43.3 Å². The molecular weight excluding hydrogens is 410 g/mol. The predicted molar refractivity (Wildman–Crippen MR) is 119 cm³/mol. The summed E-state index contributed by atoms with van der Waals surface area (Å²) in [6, 6.07) is 14.5. The van der Waals surface area contributed by atoms with E-state index in [0.717, 1.165) is 5.56 Å². The summed E-state index contributed by atoms with van der Waals surface area (Å²) in [6.45, 7) is 4.23. The van der Waals surface area contributed by atoms with Gasteiger partial charge in [-0.3, -0.25) is 14.4 Å². The lowest BCUT2D eigenvalue weighted by Gasteiger charge is -2.37. The minimum absolute atomic E-state index is 0.115. The molecule has 4 rings (SSSR count). The molecule has 0 spiro atoms. The number of morpholine rings is 1. The van der Waals surface area contributed by atoms with Gasteiger partial charge in [-0.25, -0.2) is 0 Å². The van der Waals surface area contributed by atoms with Crippen LogP contribution in [0.1, 0.15) is 22.3 Å². The van der Waals surface area contributed by atoms with Gasteiger partial charge < -0.3 is 24.6 Å². The second-order valence-electron chi connectivity index (χ2n) is 7.84. The second-order valence-corrected chi connectivity index (χ2v) is 7.84. The number of para-hydroxylation sites is 2. The third-order valence-corrected chi connectivity index (χ3v) is 5.69. The number of hydrogen-bond donors (Lipinski definition) is 1. The number of hydrogen-bond acceptors (Lipinski definition) is 5. The number of fused-ring (bicyclic) bond motifs is 1. The fourth-order valence-electron chi connectivity index (χ4n) is 3.93. The molecule has 0 aromatic heterocycles. The van der Waals surface area contributed by atoms with Crippen molar-refractivity contribution in [2.24, 2.45) is 0 Å². The monoisotopic (exact) mass is 437 g/mol. The zero-order valence-corrected chi connectivity index (χ0v) is 18.1. The molecule has 0 saturated carbocycles. The molecule has 2 heterocycles. The van der Waals surface area contributed by atoms with Gasteiger partial charge in [-0.15, -0.1) is 0 Å². The minimum atomic E-state index is -0.770. The van der Waals surface area contributed by atoms with Crippen molar-refractivity contribution in [3.8, 4) is 5.75 Å². The summed E-state index contributed by atoms with van der Waals surface area (Å²) >= 11 is 0. The zero-order valence-electron chi connectivity index (χ0n) is 18.1. The number of benzene rings is 2. The van der Waals surface area contributed by atoms with Crippen molar-refractivity contribution in [3.05, 3.63) is 59.7 Å². The van der Waals surface area contributed by atoms with Crippen molar-refractivity contribution in [2.45, 2.75) is 19.4 Å². The Labute approximate surface area is 187 Å². The SMILES string of the molecule is Cc1ccccc1C(=O)NCCC(=O)N1CC(C(=O)N2CCOCC2)Oc2ccccc21. The number of ether oxygens (including phenoxy) is 2. The van der Waals surface area contributed by atoms with Crippen LogP contribution in [0, 0.1) is 6.92 Å². The highest BCUT2D eigenvalue weighted by atomic mass is 16.5. The lowest BCUT2D eigenvalue weighted by molar-refractivity contribution is -0.142. The van der Waals surface area contributed by atoms with Gasteiger partial charge >= 0.3 is 0 Å². The molecule has 2 aromatic rings. The molecule has 0 aliphatic carbocycles. The Bertz CT molecular complexity index is 1000. The summed E-state index contributed by atoms with van der Waals surface area (Å²) in [5.41, 5.74) is 2.10. The molecule has 168 valence electrons. The lowest BCUT2D eigenvalue weighted by Crippen LogP contribution is -2.54. The Morgan fingerprint density at radius 1 is 1.03 bits per heavy atom. The standard InChI is InChI=1S/C24H27N3O5/c1-17-6-2-3-7-18(17)23(29)25-11-10-22(28)27-16-21(24(30)26-12-14-31-15-13-26)32-20-9-5-4-8-19(20)27/h2-9,21H,10-16H2,1H3,(H,25,29). The smallest absolute Gasteiger partial charge is 0.265 e. The van der Waals surface area contributed by atoms with Crippen molar-refractivity contribution in [3.63, 3.8) is 0 Å². The molecule has 3 amide bonds. The fourth-order valence-corrected chi connectivity index (χ4v) is 3.93. The van der Waals surface area contributed by atoms with Crippen molar-refractivity contribution in [1.29, 1.82) is 0 Å². The predicted octanol–water partition coefficient (Wildman–Crippen LogP) is 1.77. The van der Waals surface area contributed by atoms with Crippen LogP contribution in [0.25, 0.3) is 0 Å². The zero-order chi connectivity index (χ0) is 22.5. The van der Waals surface area contributed by atoms with Crippen LogP contribution in [-0.4, -0.2) is 68.1 Å². The minimum Gasteiger partial charge on any atom is -0.476 e. The van der Waals surface area contributed by atoms with Crippen molar-refractivity contribution >= 4 is 23.4 Å². The van der Waals surface area contributed by atoms with Crippen LogP contribution in [0.2, 0.25) is 0 Å². The van der Waals surface area contributed by atoms with Crippen LogP contribution in [0.4, 0.5) is 5.69 Å². The summed E-state index contributed by atoms with van der Waals surface area (Å²) in [4.78, 5) is 41.8. The van der Waals surface area contributed by atoms with Crippen molar-refractivity contribution in [2.75, 3.05) is 44.3 Å². The summed E-state index contributed by atoms with van der Waals surface area (Å²) in [7, 11) is 0. The molecule has 2 aliphatic rings. The average Bonchev–Trinajstić information content (AvgIpc) is 2.83. The third kappa shape index (κ3) is 4.75. The summed E-state index contributed by atoms with van der Waals surface area (Å²) in [5.74, 6) is -0.0274. The maximum absolute atomic E-state index is 13.1. The highest BCUT2D eigenvalue weighted by Crippen LogP contribution is 2.34. The van der Waals surface area contributed by atoms with Crippen LogP contribution in [0.15, 0.2) is 48.5 Å². The number of carbonyl (C=O) groups excluding carboxylic acids is 3. The number of anilines is 1. The van der Waals surface area contributed by atoms with Gasteiger partial charge in [0.25, 0.3) is 11.8 Å². The molecule has 32 heavy (non-hydrogen) atoms. The van der Waals surface area contributed by atoms with E-state index in [1.54, 1.807) is 28.0 Å². The van der Waals surface area contributed by atoms with Gasteiger partial charge in [0.2, 0.25) is 5.91 Å². The normalized spacial score (nSPS) is 17.8. The number of amides is 3. The van der Waals surface area contributed by atoms with Crippen molar-refractivity contribution < 1.29 is 23.9 Å². The first-order chi connectivity index (χ1) is 15.5. The molecule has 1 unspecified atom stereocenters. The Morgan fingerprint density at radius 3 is 2.53 bits per heavy atom. The molecule has 1 N–H and O–H groups in total. The van der Waals surface area contributed by atoms with Gasteiger partial charge in [-0.2, -0.15) is 0 Å². The first-order valence-corrected chi connectivity index (χ1v) is 10.8. The average molecular weight is 437 g/mol. The lowest BCUT2D eigenvalue weighted by atomic mass is 10.1. The first-order valence-electron chi connectivity index (χ1n) is 10.8. The molecular formula is C24H27N3O5. The highest BCUT2D eigenvalue weighted by Gasteiger charge is 2.36. The first kappa shape index (κ1) is 21.8. The van der Waals surface area contributed by atoms with Gasteiger partial charge in [0.1, 0.15) is 5.75 Å². The molecule has 0 bridgehead atoms. The molecule has 1 saturated heterocycles. The van der Waals surface area contributed by atoms with E-state index in [-0.39, 0.29) is 37.2 Å². The Balaban J connectivity index is 1.41. The van der Waals surface area contributed by atoms with Crippen molar-refractivity contribution in [1.82, 2.24) is 10.2 Å². The largest absolute Gasteiger partial charge is 0.476 e. The summed E-state index contributed by atoms with van der Waals surface area (Å²) in [6.07, 6.45) is -0.654. The molecule has 2 aromatic carbocycles. The quantitative estimate of drug-likeness (QED) is 0.770. The summed E-state index contributed by atoms with van der Waals surface area (Å²) < 4.78 is 11.3. The molecule has 1 fully saturated rings. The second kappa shape index (κ2) is 9.82. The number of rotatable bonds is 5. The van der Waals surface area contributed by atoms with Crippen LogP contribution >= 0.6 is 0 Å². The van der Waals surface area contributed by atoms with Crippen LogP contribution in [-0.2, 0) is 14.3 Å². The van der Waals surface area contributed by atoms with Gasteiger partial charge in [0.05, 0.1) is 25.4 Å². The van der Waals surface area contributed by atoms with E-state index in [9.17, 15) is 14.4 Å². The summed E-state index contributed by atoms with van der Waals surface area (Å²) in [5, 5.41) is 2.81. The Morgan fingerprint density at radius 2 is 1.75 bits per heavy atom. The van der Waals surface area contributed by atoms with E-state index in [1.807, 2.05) is 37.3 Å². The Kier molecular flexibility index (Phi) is 6.70. The van der Waals surface area contributed by atoms with E-state index in [4.69, 9.17) is 9.47 Å². The number of carbonyl (C=O) groups is 3. The molecule has 2 aliphatic heterocycles.